The monoisotopic (exact) mass is 520 g/mol. The summed E-state index contributed by atoms with van der Waals surface area (Å²) in [6, 6.07) is 3.50. The van der Waals surface area contributed by atoms with Gasteiger partial charge in [-0.1, -0.05) is 19.9 Å². The lowest BCUT2D eigenvalue weighted by Crippen LogP contribution is -2.65. The van der Waals surface area contributed by atoms with E-state index in [4.69, 9.17) is 23.4 Å². The third-order valence-corrected chi connectivity index (χ3v) is 9.64. The summed E-state index contributed by atoms with van der Waals surface area (Å²) >= 11 is 0. The standard InChI is InChI=1S/C26H32O11/c1-24-9-15(14-4-3-7-33-14)35-21(31)13(24)5-6-25(2)17(24)8-12-11-34-23(32)26(12,25)37-22-20(30)19(29)18(28)16(10-27)36-22/h3-5,7,12,15-20,22,27-30H,6,8-11H2,1-2H3. The number of hydrogen-bond donors (Lipinski definition) is 4. The number of allylic oxidation sites excluding steroid dienone is 1. The van der Waals surface area contributed by atoms with Crippen molar-refractivity contribution in [2.24, 2.45) is 22.7 Å². The number of aliphatic hydroxyl groups is 4. The molecule has 11 heteroatoms. The Morgan fingerprint density at radius 1 is 1.14 bits per heavy atom. The molecule has 0 radical (unpaired) electrons. The smallest absolute Gasteiger partial charge is 0.339 e. The van der Waals surface area contributed by atoms with Crippen molar-refractivity contribution in [1.82, 2.24) is 0 Å². The van der Waals surface area contributed by atoms with E-state index in [1.54, 1.807) is 12.1 Å². The van der Waals surface area contributed by atoms with Crippen LogP contribution in [0.15, 0.2) is 34.5 Å². The van der Waals surface area contributed by atoms with Crippen LogP contribution in [0.4, 0.5) is 0 Å². The van der Waals surface area contributed by atoms with Crippen LogP contribution in [-0.2, 0) is 28.5 Å². The average Bonchev–Trinajstić information content (AvgIpc) is 3.56. The van der Waals surface area contributed by atoms with Crippen LogP contribution in [0.5, 0.6) is 0 Å². The van der Waals surface area contributed by atoms with Gasteiger partial charge in [-0.2, -0.15) is 0 Å². The predicted molar refractivity (Wildman–Crippen MR) is 121 cm³/mol. The fourth-order valence-electron chi connectivity index (χ4n) is 7.74. The van der Waals surface area contributed by atoms with E-state index in [2.05, 4.69) is 0 Å². The van der Waals surface area contributed by atoms with Gasteiger partial charge in [0, 0.05) is 28.7 Å². The Bertz CT molecular complexity index is 1110. The van der Waals surface area contributed by atoms with Gasteiger partial charge < -0.3 is 43.8 Å². The van der Waals surface area contributed by atoms with Crippen LogP contribution in [0.3, 0.4) is 0 Å². The Labute approximate surface area is 212 Å². The van der Waals surface area contributed by atoms with Crippen LogP contribution < -0.4 is 0 Å². The number of rotatable bonds is 4. The molecule has 0 aromatic carbocycles. The Morgan fingerprint density at radius 3 is 2.62 bits per heavy atom. The summed E-state index contributed by atoms with van der Waals surface area (Å²) < 4.78 is 28.8. The molecule has 3 aliphatic heterocycles. The van der Waals surface area contributed by atoms with Gasteiger partial charge in [0.1, 0.15) is 30.2 Å². The summed E-state index contributed by atoms with van der Waals surface area (Å²) in [5.74, 6) is -1.08. The van der Waals surface area contributed by atoms with E-state index in [-0.39, 0.29) is 12.5 Å². The van der Waals surface area contributed by atoms with Gasteiger partial charge in [0.15, 0.2) is 18.0 Å². The summed E-state index contributed by atoms with van der Waals surface area (Å²) in [5.41, 5.74) is -2.52. The molecule has 0 bridgehead atoms. The van der Waals surface area contributed by atoms with Crippen molar-refractivity contribution in [2.45, 2.75) is 75.5 Å². The van der Waals surface area contributed by atoms with Crippen molar-refractivity contribution in [3.8, 4) is 0 Å². The summed E-state index contributed by atoms with van der Waals surface area (Å²) in [5, 5.41) is 40.9. The summed E-state index contributed by atoms with van der Waals surface area (Å²) in [7, 11) is 0. The Hall–Kier alpha value is -2.28. The maximum absolute atomic E-state index is 13.5. The third-order valence-electron chi connectivity index (χ3n) is 9.64. The van der Waals surface area contributed by atoms with Gasteiger partial charge in [-0.15, -0.1) is 0 Å². The van der Waals surface area contributed by atoms with Gasteiger partial charge in [-0.25, -0.2) is 9.59 Å². The molecule has 11 nitrogen and oxygen atoms in total. The SMILES string of the molecule is CC12CC(c3ccco3)OC(=O)C1=CCC1(C)C2CC2COC(=O)C21OC1OC(CO)C(O)C(O)C1O. The first kappa shape index (κ1) is 25.0. The van der Waals surface area contributed by atoms with E-state index < -0.39 is 77.7 Å². The normalized spacial score (nSPS) is 49.0. The minimum absolute atomic E-state index is 0.0970. The van der Waals surface area contributed by atoms with Crippen LogP contribution >= 0.6 is 0 Å². The van der Waals surface area contributed by atoms with Gasteiger partial charge in [0.05, 0.1) is 19.5 Å². The van der Waals surface area contributed by atoms with E-state index in [9.17, 15) is 30.0 Å². The van der Waals surface area contributed by atoms with E-state index >= 15 is 0 Å². The Kier molecular flexibility index (Phi) is 5.65. The minimum Gasteiger partial charge on any atom is -0.465 e. The number of cyclic esters (lactones) is 2. The molecule has 0 amide bonds. The lowest BCUT2D eigenvalue weighted by molar-refractivity contribution is -0.336. The van der Waals surface area contributed by atoms with E-state index in [0.717, 1.165) is 0 Å². The van der Waals surface area contributed by atoms with Gasteiger partial charge in [-0.05, 0) is 30.9 Å². The molecule has 4 fully saturated rings. The van der Waals surface area contributed by atoms with E-state index in [1.807, 2.05) is 19.9 Å². The van der Waals surface area contributed by atoms with Crippen molar-refractivity contribution in [3.63, 3.8) is 0 Å². The highest BCUT2D eigenvalue weighted by atomic mass is 16.7. The van der Waals surface area contributed by atoms with Crippen molar-refractivity contribution in [2.75, 3.05) is 13.2 Å². The molecule has 1 aromatic heterocycles. The molecular formula is C26H32O11. The summed E-state index contributed by atoms with van der Waals surface area (Å²) in [6.07, 6.45) is -3.52. The molecule has 0 spiro atoms. The number of ether oxygens (including phenoxy) is 4. The average molecular weight is 521 g/mol. The predicted octanol–water partition coefficient (Wildman–Crippen LogP) is 0.358. The number of carbonyl (C=O) groups is 2. The third kappa shape index (κ3) is 3.22. The van der Waals surface area contributed by atoms with Gasteiger partial charge in [0.25, 0.3) is 0 Å². The maximum atomic E-state index is 13.5. The Balaban J connectivity index is 1.39. The number of esters is 2. The summed E-state index contributed by atoms with van der Waals surface area (Å²) in [6.45, 7) is 3.41. The lowest BCUT2D eigenvalue weighted by Gasteiger charge is -2.55. The molecule has 5 aliphatic rings. The molecule has 1 saturated carbocycles. The second kappa shape index (κ2) is 8.36. The number of fused-ring (bicyclic) bond motifs is 5. The minimum atomic E-state index is -1.66. The first-order chi connectivity index (χ1) is 17.6. The van der Waals surface area contributed by atoms with Crippen molar-refractivity contribution in [3.05, 3.63) is 35.8 Å². The molecular weight excluding hydrogens is 488 g/mol. The number of furan rings is 1. The van der Waals surface area contributed by atoms with Crippen LogP contribution in [0.1, 0.15) is 45.0 Å². The molecule has 3 saturated heterocycles. The molecule has 4 N–H and O–H groups in total. The first-order valence-corrected chi connectivity index (χ1v) is 12.7. The highest BCUT2D eigenvalue weighted by Gasteiger charge is 2.76. The zero-order valence-corrected chi connectivity index (χ0v) is 20.6. The molecule has 202 valence electrons. The first-order valence-electron chi connectivity index (χ1n) is 12.7. The molecule has 11 unspecified atom stereocenters. The fraction of sp³-hybridized carbons (Fsp3) is 0.692. The highest BCUT2D eigenvalue weighted by Crippen LogP contribution is 2.70. The molecule has 1 aromatic rings. The molecule has 11 atom stereocenters. The van der Waals surface area contributed by atoms with Crippen LogP contribution in [-0.4, -0.2) is 81.9 Å². The van der Waals surface area contributed by atoms with Gasteiger partial charge >= 0.3 is 11.9 Å². The lowest BCUT2D eigenvalue weighted by atomic mass is 9.52. The Morgan fingerprint density at radius 2 is 1.92 bits per heavy atom. The van der Waals surface area contributed by atoms with Crippen LogP contribution in [0, 0.1) is 22.7 Å². The van der Waals surface area contributed by atoms with Gasteiger partial charge in [0.2, 0.25) is 0 Å². The zero-order valence-electron chi connectivity index (χ0n) is 20.6. The fourth-order valence-corrected chi connectivity index (χ4v) is 7.74. The number of carbonyl (C=O) groups excluding carboxylic acids is 2. The van der Waals surface area contributed by atoms with Crippen LogP contribution in [0.2, 0.25) is 0 Å². The topological polar surface area (TPSA) is 165 Å². The number of aliphatic hydroxyl groups excluding tert-OH is 4. The van der Waals surface area contributed by atoms with E-state index in [0.29, 0.717) is 30.6 Å². The quantitative estimate of drug-likeness (QED) is 0.405. The highest BCUT2D eigenvalue weighted by molar-refractivity contribution is 5.92. The second-order valence-corrected chi connectivity index (χ2v) is 11.4. The van der Waals surface area contributed by atoms with E-state index in [1.165, 1.54) is 6.26 Å². The van der Waals surface area contributed by atoms with Crippen molar-refractivity contribution in [1.29, 1.82) is 0 Å². The zero-order chi connectivity index (χ0) is 26.3. The molecule has 4 heterocycles. The molecule has 6 rings (SSSR count). The number of hydrogen-bond acceptors (Lipinski definition) is 11. The molecule has 2 aliphatic carbocycles. The van der Waals surface area contributed by atoms with Crippen molar-refractivity contribution >= 4 is 11.9 Å². The second-order valence-electron chi connectivity index (χ2n) is 11.4. The van der Waals surface area contributed by atoms with Crippen molar-refractivity contribution < 1.29 is 53.4 Å². The van der Waals surface area contributed by atoms with Gasteiger partial charge in [-0.3, -0.25) is 0 Å². The largest absolute Gasteiger partial charge is 0.465 e. The molecule has 37 heavy (non-hydrogen) atoms. The summed E-state index contributed by atoms with van der Waals surface area (Å²) in [4.78, 5) is 26.7. The maximum Gasteiger partial charge on any atom is 0.339 e. The van der Waals surface area contributed by atoms with Crippen LogP contribution in [0.25, 0.3) is 0 Å².